The van der Waals surface area contributed by atoms with Gasteiger partial charge in [-0.05, 0) is 31.4 Å². The van der Waals surface area contributed by atoms with Crippen LogP contribution in [0.2, 0.25) is 4.34 Å². The topological polar surface area (TPSA) is 36.4 Å². The van der Waals surface area contributed by atoms with Crippen LogP contribution >= 0.6 is 22.9 Å². The van der Waals surface area contributed by atoms with Gasteiger partial charge in [0.05, 0.1) is 10.4 Å². The van der Waals surface area contributed by atoms with E-state index in [1.807, 2.05) is 13.1 Å². The maximum absolute atomic E-state index is 5.97. The molecular weight excluding hydrogens is 254 g/mol. The van der Waals surface area contributed by atoms with Crippen molar-refractivity contribution in [3.05, 3.63) is 21.3 Å². The van der Waals surface area contributed by atoms with Crippen molar-refractivity contribution in [3.63, 3.8) is 0 Å². The van der Waals surface area contributed by atoms with E-state index in [-0.39, 0.29) is 6.04 Å². The molecule has 0 radical (unpaired) electrons. The van der Waals surface area contributed by atoms with Gasteiger partial charge in [0.1, 0.15) is 0 Å². The molecule has 2 N–H and O–H groups in total. The fraction of sp³-hybridized carbons (Fsp3) is 0.583. The lowest BCUT2D eigenvalue weighted by atomic mass is 10.2. The zero-order valence-electron chi connectivity index (χ0n) is 10.2. The Morgan fingerprint density at radius 2 is 2.35 bits per heavy atom. The molecule has 0 bridgehead atoms. The van der Waals surface area contributed by atoms with Crippen molar-refractivity contribution in [1.29, 1.82) is 0 Å². The van der Waals surface area contributed by atoms with Crippen LogP contribution in [0.5, 0.6) is 0 Å². The minimum atomic E-state index is 0.289. The van der Waals surface area contributed by atoms with Crippen LogP contribution in [0.25, 0.3) is 0 Å². The Kier molecular flexibility index (Phi) is 4.29. The van der Waals surface area contributed by atoms with Gasteiger partial charge in [0, 0.05) is 18.0 Å². The molecule has 1 heterocycles. The van der Waals surface area contributed by atoms with Gasteiger partial charge in [-0.1, -0.05) is 18.5 Å². The van der Waals surface area contributed by atoms with Crippen molar-refractivity contribution in [2.45, 2.75) is 38.3 Å². The molecule has 2 rings (SSSR count). The molecule has 1 aliphatic rings. The molecule has 1 aromatic rings. The molecule has 1 fully saturated rings. The molecule has 0 aliphatic heterocycles. The first-order valence-electron chi connectivity index (χ1n) is 5.98. The predicted octanol–water partition coefficient (Wildman–Crippen LogP) is 3.18. The lowest BCUT2D eigenvalue weighted by Gasteiger charge is -2.19. The van der Waals surface area contributed by atoms with Crippen LogP contribution in [0, 0.1) is 0 Å². The highest BCUT2D eigenvalue weighted by Gasteiger charge is 2.23. The quantitative estimate of drug-likeness (QED) is 0.652. The zero-order chi connectivity index (χ0) is 12.3. The largest absolute Gasteiger partial charge is 0.354 e. The van der Waals surface area contributed by atoms with Gasteiger partial charge in [0.25, 0.3) is 0 Å². The maximum Gasteiger partial charge on any atom is 0.191 e. The maximum atomic E-state index is 5.97. The summed E-state index contributed by atoms with van der Waals surface area (Å²) in [5.41, 5.74) is 0. The SMILES string of the molecule is CC[C@H](NC(=NC)NC1CC1)c1ccc(Cl)s1. The molecule has 0 saturated heterocycles. The summed E-state index contributed by atoms with van der Waals surface area (Å²) in [4.78, 5) is 5.51. The predicted molar refractivity (Wildman–Crippen MR) is 75.0 cm³/mol. The van der Waals surface area contributed by atoms with Crippen LogP contribution in [0.3, 0.4) is 0 Å². The summed E-state index contributed by atoms with van der Waals surface area (Å²) in [6, 6.07) is 4.93. The molecule has 0 unspecified atom stereocenters. The molecule has 0 aromatic carbocycles. The highest BCUT2D eigenvalue weighted by molar-refractivity contribution is 7.16. The Balaban J connectivity index is 1.97. The van der Waals surface area contributed by atoms with Crippen molar-refractivity contribution in [3.8, 4) is 0 Å². The van der Waals surface area contributed by atoms with Crippen molar-refractivity contribution in [2.75, 3.05) is 7.05 Å². The number of nitrogens with zero attached hydrogens (tertiary/aromatic N) is 1. The summed E-state index contributed by atoms with van der Waals surface area (Å²) in [5, 5.41) is 6.84. The second-order valence-electron chi connectivity index (χ2n) is 4.24. The van der Waals surface area contributed by atoms with Gasteiger partial charge in [-0.2, -0.15) is 0 Å². The molecule has 17 heavy (non-hydrogen) atoms. The highest BCUT2D eigenvalue weighted by Crippen LogP contribution is 2.28. The lowest BCUT2D eigenvalue weighted by Crippen LogP contribution is -2.40. The summed E-state index contributed by atoms with van der Waals surface area (Å²) in [7, 11) is 1.81. The van der Waals surface area contributed by atoms with Gasteiger partial charge in [0.2, 0.25) is 0 Å². The Labute approximate surface area is 111 Å². The molecule has 5 heteroatoms. The van der Waals surface area contributed by atoms with Gasteiger partial charge in [-0.25, -0.2) is 0 Å². The van der Waals surface area contributed by atoms with Crippen molar-refractivity contribution in [1.82, 2.24) is 10.6 Å². The summed E-state index contributed by atoms with van der Waals surface area (Å²) in [5.74, 6) is 0.892. The summed E-state index contributed by atoms with van der Waals surface area (Å²) < 4.78 is 0.838. The average molecular weight is 272 g/mol. The number of hydrogen-bond acceptors (Lipinski definition) is 2. The number of rotatable bonds is 4. The van der Waals surface area contributed by atoms with E-state index >= 15 is 0 Å². The van der Waals surface area contributed by atoms with E-state index in [0.29, 0.717) is 6.04 Å². The van der Waals surface area contributed by atoms with Crippen LogP contribution in [-0.2, 0) is 0 Å². The van der Waals surface area contributed by atoms with Crippen LogP contribution in [0.15, 0.2) is 17.1 Å². The first-order valence-corrected chi connectivity index (χ1v) is 7.17. The normalized spacial score (nSPS) is 17.9. The summed E-state index contributed by atoms with van der Waals surface area (Å²) in [6.07, 6.45) is 3.52. The van der Waals surface area contributed by atoms with E-state index in [0.717, 1.165) is 16.7 Å². The minimum absolute atomic E-state index is 0.289. The van der Waals surface area contributed by atoms with Crippen molar-refractivity contribution in [2.24, 2.45) is 4.99 Å². The molecule has 0 amide bonds. The lowest BCUT2D eigenvalue weighted by molar-refractivity contribution is 0.618. The van der Waals surface area contributed by atoms with E-state index in [1.165, 1.54) is 17.7 Å². The minimum Gasteiger partial charge on any atom is -0.354 e. The van der Waals surface area contributed by atoms with Crippen molar-refractivity contribution >= 4 is 28.9 Å². The van der Waals surface area contributed by atoms with Crippen molar-refractivity contribution < 1.29 is 0 Å². The van der Waals surface area contributed by atoms with E-state index in [4.69, 9.17) is 11.6 Å². The smallest absolute Gasteiger partial charge is 0.191 e. The molecule has 1 saturated carbocycles. The highest BCUT2D eigenvalue weighted by atomic mass is 35.5. The van der Waals surface area contributed by atoms with Gasteiger partial charge < -0.3 is 10.6 Å². The second kappa shape index (κ2) is 5.74. The molecule has 0 spiro atoms. The average Bonchev–Trinajstić information content (AvgIpc) is 3.05. The second-order valence-corrected chi connectivity index (χ2v) is 5.98. The standard InChI is InChI=1S/C12H18ClN3S/c1-3-9(10-6-7-11(13)17-10)16-12(14-2)15-8-4-5-8/h6-9H,3-5H2,1-2H3,(H2,14,15,16)/t9-/m0/s1. The van der Waals surface area contributed by atoms with Gasteiger partial charge in [0.15, 0.2) is 5.96 Å². The first kappa shape index (κ1) is 12.7. The Morgan fingerprint density at radius 3 is 2.82 bits per heavy atom. The van der Waals surface area contributed by atoms with E-state index in [1.54, 1.807) is 11.3 Å². The molecular formula is C12H18ClN3S. The number of thiophene rings is 1. The van der Waals surface area contributed by atoms with Crippen LogP contribution in [0.4, 0.5) is 0 Å². The van der Waals surface area contributed by atoms with Crippen LogP contribution in [-0.4, -0.2) is 19.0 Å². The number of nitrogens with one attached hydrogen (secondary N) is 2. The first-order chi connectivity index (χ1) is 8.22. The van der Waals surface area contributed by atoms with Gasteiger partial charge in [-0.15, -0.1) is 11.3 Å². The number of halogens is 1. The van der Waals surface area contributed by atoms with Crippen LogP contribution < -0.4 is 10.6 Å². The molecule has 94 valence electrons. The number of aliphatic imine (C=N–C) groups is 1. The third-order valence-corrected chi connectivity index (χ3v) is 4.14. The molecule has 1 aliphatic carbocycles. The molecule has 3 nitrogen and oxygen atoms in total. The van der Waals surface area contributed by atoms with E-state index in [2.05, 4.69) is 28.6 Å². The molecule has 1 aromatic heterocycles. The Bertz CT molecular complexity index is 398. The number of guanidine groups is 1. The van der Waals surface area contributed by atoms with E-state index in [9.17, 15) is 0 Å². The fourth-order valence-corrected chi connectivity index (χ4v) is 2.84. The Morgan fingerprint density at radius 1 is 1.59 bits per heavy atom. The third kappa shape index (κ3) is 3.61. The summed E-state index contributed by atoms with van der Waals surface area (Å²) in [6.45, 7) is 2.16. The molecule has 1 atom stereocenters. The number of hydrogen-bond donors (Lipinski definition) is 2. The summed E-state index contributed by atoms with van der Waals surface area (Å²) >= 11 is 7.60. The fourth-order valence-electron chi connectivity index (χ4n) is 1.65. The monoisotopic (exact) mass is 271 g/mol. The third-order valence-electron chi connectivity index (χ3n) is 2.80. The van der Waals surface area contributed by atoms with Crippen LogP contribution in [0.1, 0.15) is 37.1 Å². The van der Waals surface area contributed by atoms with Gasteiger partial charge >= 0.3 is 0 Å². The zero-order valence-corrected chi connectivity index (χ0v) is 11.7. The van der Waals surface area contributed by atoms with E-state index < -0.39 is 0 Å². The Hall–Kier alpha value is -0.740. The van der Waals surface area contributed by atoms with Gasteiger partial charge in [-0.3, -0.25) is 4.99 Å².